The van der Waals surface area contributed by atoms with Gasteiger partial charge in [-0.2, -0.15) is 0 Å². The number of aryl methyl sites for hydroxylation is 1. The van der Waals surface area contributed by atoms with Gasteiger partial charge < -0.3 is 9.84 Å². The number of aromatic hydroxyl groups is 1. The molecule has 0 aliphatic carbocycles. The first kappa shape index (κ1) is 12.5. The summed E-state index contributed by atoms with van der Waals surface area (Å²) in [6.07, 6.45) is 1.25. The first-order valence-electron chi connectivity index (χ1n) is 5.82. The van der Waals surface area contributed by atoms with Gasteiger partial charge >= 0.3 is 6.09 Å². The smallest absolute Gasteiger partial charge is 0.418 e. The molecule has 0 spiro atoms. The van der Waals surface area contributed by atoms with E-state index in [2.05, 4.69) is 0 Å². The van der Waals surface area contributed by atoms with Crippen molar-refractivity contribution in [3.63, 3.8) is 0 Å². The Kier molecular flexibility index (Phi) is 2.81. The molecule has 18 heavy (non-hydrogen) atoms. The van der Waals surface area contributed by atoms with E-state index in [1.807, 2.05) is 27.7 Å². The van der Waals surface area contributed by atoms with Crippen LogP contribution in [0, 0.1) is 6.92 Å². The number of benzene rings is 1. The average Bonchev–Trinajstić information content (AvgIpc) is 2.58. The second kappa shape index (κ2) is 4.05. The molecule has 0 unspecified atom stereocenters. The molecule has 1 aromatic carbocycles. The van der Waals surface area contributed by atoms with Crippen LogP contribution >= 0.6 is 0 Å². The van der Waals surface area contributed by atoms with E-state index in [-0.39, 0.29) is 5.75 Å². The van der Waals surface area contributed by atoms with Crippen LogP contribution in [0.3, 0.4) is 0 Å². The number of hydrogen-bond acceptors (Lipinski definition) is 3. The molecule has 1 N–H and O–H groups in total. The monoisotopic (exact) mass is 247 g/mol. The van der Waals surface area contributed by atoms with Gasteiger partial charge in [-0.05, 0) is 51.5 Å². The van der Waals surface area contributed by atoms with Crippen LogP contribution in [0.2, 0.25) is 0 Å². The van der Waals surface area contributed by atoms with Gasteiger partial charge in [0.15, 0.2) is 0 Å². The van der Waals surface area contributed by atoms with Crippen molar-refractivity contribution >= 4 is 17.0 Å². The molecular formula is C14H17NO3. The quantitative estimate of drug-likeness (QED) is 0.775. The minimum atomic E-state index is -0.529. The molecule has 4 nitrogen and oxygen atoms in total. The van der Waals surface area contributed by atoms with Crippen molar-refractivity contribution in [2.75, 3.05) is 0 Å². The first-order valence-corrected chi connectivity index (χ1v) is 5.82. The molecule has 0 bridgehead atoms. The highest BCUT2D eigenvalue weighted by Crippen LogP contribution is 2.26. The fourth-order valence-electron chi connectivity index (χ4n) is 1.94. The molecule has 0 saturated carbocycles. The molecule has 2 aromatic rings. The van der Waals surface area contributed by atoms with E-state index >= 15 is 0 Å². The number of aromatic nitrogens is 1. The minimum absolute atomic E-state index is 0.196. The van der Waals surface area contributed by atoms with Crippen molar-refractivity contribution in [3.05, 3.63) is 30.0 Å². The molecule has 1 aromatic heterocycles. The Morgan fingerprint density at radius 1 is 1.33 bits per heavy atom. The highest BCUT2D eigenvalue weighted by molar-refractivity contribution is 5.92. The highest BCUT2D eigenvalue weighted by Gasteiger charge is 2.19. The van der Waals surface area contributed by atoms with Gasteiger partial charge in [0.2, 0.25) is 0 Å². The number of carbonyl (C=O) groups is 1. The number of fused-ring (bicyclic) bond motifs is 1. The first-order chi connectivity index (χ1) is 8.28. The fourth-order valence-corrected chi connectivity index (χ4v) is 1.94. The molecule has 0 fully saturated rings. The van der Waals surface area contributed by atoms with Gasteiger partial charge in [-0.15, -0.1) is 0 Å². The topological polar surface area (TPSA) is 51.5 Å². The summed E-state index contributed by atoms with van der Waals surface area (Å²) in [6, 6.07) is 5.04. The van der Waals surface area contributed by atoms with Gasteiger partial charge in [0.25, 0.3) is 0 Å². The van der Waals surface area contributed by atoms with E-state index in [0.717, 1.165) is 16.5 Å². The SMILES string of the molecule is Cc1cc(O)cc2ccn(C(=O)OC(C)(C)C)c12. The highest BCUT2D eigenvalue weighted by atomic mass is 16.6. The summed E-state index contributed by atoms with van der Waals surface area (Å²) in [6.45, 7) is 7.34. The number of carbonyl (C=O) groups excluding carboxylic acids is 1. The maximum absolute atomic E-state index is 12.1. The normalized spacial score (nSPS) is 11.8. The molecule has 0 radical (unpaired) electrons. The van der Waals surface area contributed by atoms with Gasteiger partial charge in [0, 0.05) is 11.6 Å². The van der Waals surface area contributed by atoms with E-state index < -0.39 is 11.7 Å². The Balaban J connectivity index is 2.50. The Bertz CT molecular complexity index is 605. The summed E-state index contributed by atoms with van der Waals surface area (Å²) in [7, 11) is 0. The fraction of sp³-hybridized carbons (Fsp3) is 0.357. The van der Waals surface area contributed by atoms with Crippen LogP contribution in [0.15, 0.2) is 24.4 Å². The zero-order valence-electron chi connectivity index (χ0n) is 11.0. The zero-order chi connectivity index (χ0) is 13.5. The van der Waals surface area contributed by atoms with Crippen LogP contribution in [-0.2, 0) is 4.74 Å². The predicted molar refractivity (Wildman–Crippen MR) is 70.0 cm³/mol. The van der Waals surface area contributed by atoms with Gasteiger partial charge in [0.1, 0.15) is 11.4 Å². The van der Waals surface area contributed by atoms with E-state index in [9.17, 15) is 9.90 Å². The maximum Gasteiger partial charge on any atom is 0.418 e. The van der Waals surface area contributed by atoms with Crippen LogP contribution in [-0.4, -0.2) is 21.4 Å². The summed E-state index contributed by atoms with van der Waals surface area (Å²) < 4.78 is 6.80. The van der Waals surface area contributed by atoms with Gasteiger partial charge in [0.05, 0.1) is 5.52 Å². The van der Waals surface area contributed by atoms with Crippen LogP contribution in [0.1, 0.15) is 26.3 Å². The lowest BCUT2D eigenvalue weighted by atomic mass is 10.1. The third-order valence-electron chi connectivity index (χ3n) is 2.55. The third-order valence-corrected chi connectivity index (χ3v) is 2.55. The van der Waals surface area contributed by atoms with Crippen molar-refractivity contribution in [2.45, 2.75) is 33.3 Å². The zero-order valence-corrected chi connectivity index (χ0v) is 11.0. The second-order valence-corrected chi connectivity index (χ2v) is 5.37. The summed E-state index contributed by atoms with van der Waals surface area (Å²) in [5.74, 6) is 0.196. The molecule has 0 aliphatic heterocycles. The number of nitrogens with zero attached hydrogens (tertiary/aromatic N) is 1. The van der Waals surface area contributed by atoms with Gasteiger partial charge in [-0.25, -0.2) is 4.79 Å². The number of ether oxygens (including phenoxy) is 1. The van der Waals surface area contributed by atoms with Crippen molar-refractivity contribution in [3.8, 4) is 5.75 Å². The van der Waals surface area contributed by atoms with E-state index in [1.165, 1.54) is 4.57 Å². The molecular weight excluding hydrogens is 230 g/mol. The molecule has 0 amide bonds. The molecule has 0 atom stereocenters. The lowest BCUT2D eigenvalue weighted by Gasteiger charge is -2.20. The summed E-state index contributed by atoms with van der Waals surface area (Å²) in [4.78, 5) is 12.1. The predicted octanol–water partition coefficient (Wildman–Crippen LogP) is 3.44. The Morgan fingerprint density at radius 3 is 2.61 bits per heavy atom. The molecule has 4 heteroatoms. The molecule has 1 heterocycles. The van der Waals surface area contributed by atoms with Crippen LogP contribution in [0.4, 0.5) is 4.79 Å². The maximum atomic E-state index is 12.1. The Labute approximate surface area is 106 Å². The molecule has 96 valence electrons. The Morgan fingerprint density at radius 2 is 2.00 bits per heavy atom. The summed E-state index contributed by atoms with van der Waals surface area (Å²) >= 11 is 0. The number of rotatable bonds is 0. The average molecular weight is 247 g/mol. The van der Waals surface area contributed by atoms with Gasteiger partial charge in [-0.1, -0.05) is 0 Å². The minimum Gasteiger partial charge on any atom is -0.508 e. The lowest BCUT2D eigenvalue weighted by Crippen LogP contribution is -2.26. The lowest BCUT2D eigenvalue weighted by molar-refractivity contribution is 0.0544. The standard InChI is InChI=1S/C14H17NO3/c1-9-7-11(16)8-10-5-6-15(12(9)10)13(17)18-14(2,3)4/h5-8,16H,1-4H3. The molecule has 0 saturated heterocycles. The van der Waals surface area contributed by atoms with Gasteiger partial charge in [-0.3, -0.25) is 4.57 Å². The van der Waals surface area contributed by atoms with Crippen LogP contribution < -0.4 is 0 Å². The van der Waals surface area contributed by atoms with Crippen LogP contribution in [0.25, 0.3) is 10.9 Å². The van der Waals surface area contributed by atoms with E-state index in [0.29, 0.717) is 0 Å². The van der Waals surface area contributed by atoms with E-state index in [1.54, 1.807) is 24.4 Å². The summed E-state index contributed by atoms with van der Waals surface area (Å²) in [5.41, 5.74) is 1.07. The van der Waals surface area contributed by atoms with Crippen molar-refractivity contribution in [1.29, 1.82) is 0 Å². The number of phenolic OH excluding ortho intramolecular Hbond substituents is 1. The Hall–Kier alpha value is -1.97. The van der Waals surface area contributed by atoms with Crippen molar-refractivity contribution in [1.82, 2.24) is 4.57 Å². The van der Waals surface area contributed by atoms with Crippen molar-refractivity contribution < 1.29 is 14.6 Å². The molecule has 0 aliphatic rings. The summed E-state index contributed by atoms with van der Waals surface area (Å²) in [5, 5.41) is 10.3. The van der Waals surface area contributed by atoms with Crippen molar-refractivity contribution in [2.24, 2.45) is 0 Å². The second-order valence-electron chi connectivity index (χ2n) is 5.37. The molecule has 2 rings (SSSR count). The number of hydrogen-bond donors (Lipinski definition) is 1. The van der Waals surface area contributed by atoms with Crippen LogP contribution in [0.5, 0.6) is 5.75 Å². The largest absolute Gasteiger partial charge is 0.508 e. The number of phenols is 1. The van der Waals surface area contributed by atoms with E-state index in [4.69, 9.17) is 4.74 Å². The third kappa shape index (κ3) is 2.32.